The highest BCUT2D eigenvalue weighted by atomic mass is 16.5. The van der Waals surface area contributed by atoms with Crippen molar-refractivity contribution in [1.29, 1.82) is 0 Å². The molecule has 0 aromatic heterocycles. The van der Waals surface area contributed by atoms with Gasteiger partial charge >= 0.3 is 0 Å². The summed E-state index contributed by atoms with van der Waals surface area (Å²) in [6.45, 7) is 6.22. The summed E-state index contributed by atoms with van der Waals surface area (Å²) >= 11 is 0. The van der Waals surface area contributed by atoms with E-state index in [0.29, 0.717) is 13.0 Å². The Balaban J connectivity index is 3.24. The minimum Gasteiger partial charge on any atom is -0.501 e. The normalized spacial score (nSPS) is 11.2. The molecule has 0 spiro atoms. The van der Waals surface area contributed by atoms with Crippen LogP contribution in [0.25, 0.3) is 0 Å². The highest BCUT2D eigenvalue weighted by molar-refractivity contribution is 5.09. The first-order chi connectivity index (χ1) is 4.81. The van der Waals surface area contributed by atoms with Crippen molar-refractivity contribution in [2.24, 2.45) is 0 Å². The number of ether oxygens (including phenoxy) is 1. The van der Waals surface area contributed by atoms with Gasteiger partial charge in [-0.3, -0.25) is 0 Å². The van der Waals surface area contributed by atoms with Crippen molar-refractivity contribution in [3.8, 4) is 0 Å². The van der Waals surface area contributed by atoms with Gasteiger partial charge in [0.25, 0.3) is 0 Å². The monoisotopic (exact) mass is 142 g/mol. The second-order valence-corrected chi connectivity index (χ2v) is 2.01. The zero-order valence-electron chi connectivity index (χ0n) is 6.34. The molecule has 10 heavy (non-hydrogen) atoms. The second kappa shape index (κ2) is 6.36. The van der Waals surface area contributed by atoms with E-state index in [9.17, 15) is 0 Å². The summed E-state index contributed by atoms with van der Waals surface area (Å²) in [6, 6.07) is 0. The average molecular weight is 142 g/mol. The Morgan fingerprint density at radius 2 is 2.40 bits per heavy atom. The molecular formula is C8H14O2. The van der Waals surface area contributed by atoms with Crippen molar-refractivity contribution < 1.29 is 9.84 Å². The molecule has 1 N–H and O–H groups in total. The van der Waals surface area contributed by atoms with E-state index in [-0.39, 0.29) is 6.61 Å². The van der Waals surface area contributed by atoms with Crippen molar-refractivity contribution in [3.63, 3.8) is 0 Å². The van der Waals surface area contributed by atoms with E-state index in [1.54, 1.807) is 12.3 Å². The van der Waals surface area contributed by atoms with Crippen molar-refractivity contribution in [2.75, 3.05) is 13.2 Å². The quantitative estimate of drug-likeness (QED) is 0.358. The van der Waals surface area contributed by atoms with E-state index in [2.05, 4.69) is 6.58 Å². The fourth-order valence-electron chi connectivity index (χ4n) is 0.386. The molecule has 0 saturated heterocycles. The van der Waals surface area contributed by atoms with Crippen LogP contribution in [0.4, 0.5) is 0 Å². The predicted molar refractivity (Wildman–Crippen MR) is 41.6 cm³/mol. The Morgan fingerprint density at radius 1 is 1.70 bits per heavy atom. The molecule has 0 atom stereocenters. The van der Waals surface area contributed by atoms with Crippen LogP contribution in [-0.4, -0.2) is 18.3 Å². The lowest BCUT2D eigenvalue weighted by molar-refractivity contribution is 0.198. The van der Waals surface area contributed by atoms with Crippen molar-refractivity contribution in [3.05, 3.63) is 24.5 Å². The van der Waals surface area contributed by atoms with Gasteiger partial charge in [0, 0.05) is 13.0 Å². The Hall–Kier alpha value is -0.760. The molecule has 0 aliphatic heterocycles. The van der Waals surface area contributed by atoms with E-state index in [1.165, 1.54) is 0 Å². The molecule has 0 rings (SSSR count). The fraction of sp³-hybridized carbons (Fsp3) is 0.500. The van der Waals surface area contributed by atoms with Crippen LogP contribution in [0.2, 0.25) is 0 Å². The first-order valence-electron chi connectivity index (χ1n) is 3.33. The van der Waals surface area contributed by atoms with Crippen LogP contribution < -0.4 is 0 Å². The molecular weight excluding hydrogens is 128 g/mol. The van der Waals surface area contributed by atoms with Gasteiger partial charge in [-0.05, 0) is 12.5 Å². The molecule has 0 unspecified atom stereocenters. The van der Waals surface area contributed by atoms with Gasteiger partial charge in [0.2, 0.25) is 0 Å². The number of hydrogen-bond acceptors (Lipinski definition) is 2. The molecule has 58 valence electrons. The lowest BCUT2D eigenvalue weighted by atomic mass is 10.3. The van der Waals surface area contributed by atoms with Gasteiger partial charge in [0.1, 0.15) is 0 Å². The third-order valence-electron chi connectivity index (χ3n) is 1.01. The van der Waals surface area contributed by atoms with Crippen molar-refractivity contribution in [2.45, 2.75) is 13.3 Å². The predicted octanol–water partition coefficient (Wildman–Crippen LogP) is 1.48. The summed E-state index contributed by atoms with van der Waals surface area (Å²) in [7, 11) is 0. The maximum Gasteiger partial charge on any atom is 0.0895 e. The number of aliphatic hydroxyl groups excluding tert-OH is 1. The molecule has 0 bridgehead atoms. The minimum absolute atomic E-state index is 0.182. The zero-order valence-corrected chi connectivity index (χ0v) is 6.34. The number of hydrogen-bond donors (Lipinski definition) is 1. The van der Waals surface area contributed by atoms with Crippen LogP contribution in [0.1, 0.15) is 13.3 Å². The van der Waals surface area contributed by atoms with E-state index in [1.807, 2.05) is 6.92 Å². The molecule has 0 fully saturated rings. The summed E-state index contributed by atoms with van der Waals surface area (Å²) in [5, 5.41) is 8.37. The summed E-state index contributed by atoms with van der Waals surface area (Å²) in [5.74, 6) is 0. The lowest BCUT2D eigenvalue weighted by Crippen LogP contribution is -1.91. The Morgan fingerprint density at radius 3 is 2.90 bits per heavy atom. The summed E-state index contributed by atoms with van der Waals surface area (Å²) in [5.41, 5.74) is 0.998. The molecule has 0 radical (unpaired) electrons. The average Bonchev–Trinajstić information content (AvgIpc) is 1.98. The molecule has 0 aromatic carbocycles. The molecule has 0 amide bonds. The zero-order chi connectivity index (χ0) is 7.82. The largest absolute Gasteiger partial charge is 0.501 e. The summed E-state index contributed by atoms with van der Waals surface area (Å²) in [6.07, 6.45) is 4.04. The van der Waals surface area contributed by atoms with Crippen LogP contribution in [0.5, 0.6) is 0 Å². The SMILES string of the molecule is C=C/C(C)=C\OCCCO. The molecule has 0 aliphatic rings. The van der Waals surface area contributed by atoms with Gasteiger partial charge < -0.3 is 9.84 Å². The van der Waals surface area contributed by atoms with Crippen molar-refractivity contribution in [1.82, 2.24) is 0 Å². The Bertz CT molecular complexity index is 116. The molecule has 2 heteroatoms. The number of rotatable bonds is 5. The number of aliphatic hydroxyl groups is 1. The van der Waals surface area contributed by atoms with Crippen LogP contribution in [-0.2, 0) is 4.74 Å². The first kappa shape index (κ1) is 9.24. The lowest BCUT2D eigenvalue weighted by Gasteiger charge is -1.97. The van der Waals surface area contributed by atoms with Crippen LogP contribution in [0.3, 0.4) is 0 Å². The summed E-state index contributed by atoms with van der Waals surface area (Å²) in [4.78, 5) is 0. The van der Waals surface area contributed by atoms with E-state index < -0.39 is 0 Å². The third kappa shape index (κ3) is 5.38. The van der Waals surface area contributed by atoms with Gasteiger partial charge in [-0.25, -0.2) is 0 Å². The van der Waals surface area contributed by atoms with Crippen LogP contribution in [0, 0.1) is 0 Å². The highest BCUT2D eigenvalue weighted by Crippen LogP contribution is 1.93. The molecule has 0 aromatic rings. The van der Waals surface area contributed by atoms with Gasteiger partial charge in [0.05, 0.1) is 12.9 Å². The maximum atomic E-state index is 8.37. The molecule has 0 saturated carbocycles. The first-order valence-corrected chi connectivity index (χ1v) is 3.33. The van der Waals surface area contributed by atoms with Crippen molar-refractivity contribution >= 4 is 0 Å². The minimum atomic E-state index is 0.182. The smallest absolute Gasteiger partial charge is 0.0895 e. The molecule has 2 nitrogen and oxygen atoms in total. The van der Waals surface area contributed by atoms with Gasteiger partial charge in [0.15, 0.2) is 0 Å². The van der Waals surface area contributed by atoms with Gasteiger partial charge in [-0.1, -0.05) is 12.7 Å². The number of allylic oxidation sites excluding steroid dienone is 2. The second-order valence-electron chi connectivity index (χ2n) is 2.01. The molecule has 0 heterocycles. The Kier molecular flexibility index (Phi) is 5.88. The van der Waals surface area contributed by atoms with Crippen LogP contribution in [0.15, 0.2) is 24.5 Å². The van der Waals surface area contributed by atoms with Gasteiger partial charge in [-0.2, -0.15) is 0 Å². The standard InChI is InChI=1S/C8H14O2/c1-3-8(2)7-10-6-4-5-9/h3,7,9H,1,4-6H2,2H3/b8-7-. The van der Waals surface area contributed by atoms with Crippen LogP contribution >= 0.6 is 0 Å². The summed E-state index contributed by atoms with van der Waals surface area (Å²) < 4.78 is 5.03. The third-order valence-corrected chi connectivity index (χ3v) is 1.01. The van der Waals surface area contributed by atoms with E-state index in [0.717, 1.165) is 5.57 Å². The van der Waals surface area contributed by atoms with Gasteiger partial charge in [-0.15, -0.1) is 0 Å². The molecule has 0 aliphatic carbocycles. The topological polar surface area (TPSA) is 29.5 Å². The van der Waals surface area contributed by atoms with E-state index >= 15 is 0 Å². The maximum absolute atomic E-state index is 8.37. The Labute approximate surface area is 61.8 Å². The van der Waals surface area contributed by atoms with E-state index in [4.69, 9.17) is 9.84 Å². The highest BCUT2D eigenvalue weighted by Gasteiger charge is 1.82. The fourth-order valence-corrected chi connectivity index (χ4v) is 0.386.